The fourth-order valence-electron chi connectivity index (χ4n) is 1.62. The molecule has 0 aromatic carbocycles. The lowest BCUT2D eigenvalue weighted by molar-refractivity contribution is -0.155. The van der Waals surface area contributed by atoms with Crippen molar-refractivity contribution in [3.05, 3.63) is 0 Å². The van der Waals surface area contributed by atoms with Crippen molar-refractivity contribution in [3.8, 4) is 0 Å². The van der Waals surface area contributed by atoms with Gasteiger partial charge in [-0.2, -0.15) is 4.31 Å². The number of rotatable bonds is 2. The highest BCUT2D eigenvalue weighted by atomic mass is 32.2. The second-order valence-electron chi connectivity index (χ2n) is 6.75. The van der Waals surface area contributed by atoms with Gasteiger partial charge in [0.1, 0.15) is 11.2 Å². The minimum atomic E-state index is -1.94. The van der Waals surface area contributed by atoms with Crippen molar-refractivity contribution in [2.75, 3.05) is 6.61 Å². The average molecular weight is 321 g/mol. The van der Waals surface area contributed by atoms with Crippen molar-refractivity contribution < 1.29 is 27.5 Å². The lowest BCUT2D eigenvalue weighted by atomic mass is 10.1. The van der Waals surface area contributed by atoms with Crippen LogP contribution in [0.1, 0.15) is 48.0 Å². The largest absolute Gasteiger partial charge is 0.460 e. The Labute approximate surface area is 127 Å². The first kappa shape index (κ1) is 17.9. The molecule has 7 nitrogen and oxygen atoms in total. The van der Waals surface area contributed by atoms with Crippen LogP contribution >= 0.6 is 0 Å². The summed E-state index contributed by atoms with van der Waals surface area (Å²) in [4.78, 5) is 23.8. The minimum absolute atomic E-state index is 0.00506. The standard InChI is InChI=1S/C13H23NO6S/c1-12(2,3)19-10(15)7-9-8-18-21(17)14(9)11(16)20-13(4,5)6/h9H,7-8H2,1-6H3/t9-,21+/m0/s1. The van der Waals surface area contributed by atoms with E-state index in [1.807, 2.05) is 0 Å². The molecule has 0 saturated carbocycles. The van der Waals surface area contributed by atoms with Crippen LogP contribution in [-0.4, -0.2) is 44.4 Å². The van der Waals surface area contributed by atoms with E-state index in [0.29, 0.717) is 0 Å². The van der Waals surface area contributed by atoms with Gasteiger partial charge in [-0.25, -0.2) is 9.00 Å². The molecule has 1 heterocycles. The molecule has 0 radical (unpaired) electrons. The molecule has 2 atom stereocenters. The van der Waals surface area contributed by atoms with Gasteiger partial charge in [0.2, 0.25) is 0 Å². The summed E-state index contributed by atoms with van der Waals surface area (Å²) in [5.41, 5.74) is -1.34. The van der Waals surface area contributed by atoms with E-state index in [4.69, 9.17) is 13.7 Å². The van der Waals surface area contributed by atoms with E-state index in [9.17, 15) is 13.8 Å². The smallest absolute Gasteiger partial charge is 0.424 e. The molecule has 122 valence electrons. The molecular formula is C13H23NO6S. The maximum Gasteiger partial charge on any atom is 0.424 e. The Morgan fingerprint density at radius 1 is 1.14 bits per heavy atom. The molecule has 0 aromatic rings. The molecule has 0 N–H and O–H groups in total. The first-order valence-corrected chi connectivity index (χ1v) is 7.71. The molecule has 0 spiro atoms. The predicted molar refractivity (Wildman–Crippen MR) is 76.4 cm³/mol. The average Bonchev–Trinajstić information content (AvgIpc) is 2.53. The van der Waals surface area contributed by atoms with Crippen molar-refractivity contribution in [3.63, 3.8) is 0 Å². The van der Waals surface area contributed by atoms with Gasteiger partial charge in [0, 0.05) is 0 Å². The summed E-state index contributed by atoms with van der Waals surface area (Å²) < 4.78 is 28.0. The highest BCUT2D eigenvalue weighted by Gasteiger charge is 2.41. The van der Waals surface area contributed by atoms with E-state index in [0.717, 1.165) is 4.31 Å². The maximum absolute atomic E-state index is 12.0. The molecule has 0 bridgehead atoms. The number of amides is 1. The number of ether oxygens (including phenoxy) is 2. The van der Waals surface area contributed by atoms with Gasteiger partial charge in [-0.15, -0.1) is 0 Å². The van der Waals surface area contributed by atoms with Crippen LogP contribution < -0.4 is 0 Å². The van der Waals surface area contributed by atoms with Crippen molar-refractivity contribution in [2.45, 2.75) is 65.2 Å². The van der Waals surface area contributed by atoms with Crippen molar-refractivity contribution in [2.24, 2.45) is 0 Å². The molecule has 1 fully saturated rings. The summed E-state index contributed by atoms with van der Waals surface area (Å²) in [6.07, 6.45) is -0.866. The second kappa shape index (κ2) is 6.31. The molecule has 0 aromatic heterocycles. The molecule has 1 saturated heterocycles. The van der Waals surface area contributed by atoms with Gasteiger partial charge >= 0.3 is 12.1 Å². The van der Waals surface area contributed by atoms with E-state index in [1.165, 1.54) is 0 Å². The van der Waals surface area contributed by atoms with Crippen molar-refractivity contribution in [1.29, 1.82) is 0 Å². The molecular weight excluding hydrogens is 298 g/mol. The fraction of sp³-hybridized carbons (Fsp3) is 0.846. The second-order valence-corrected chi connectivity index (χ2v) is 7.82. The highest BCUT2D eigenvalue weighted by Crippen LogP contribution is 2.22. The first-order valence-electron chi connectivity index (χ1n) is 6.68. The molecule has 0 unspecified atom stereocenters. The topological polar surface area (TPSA) is 82.1 Å². The van der Waals surface area contributed by atoms with Gasteiger partial charge in [0.05, 0.1) is 19.1 Å². The van der Waals surface area contributed by atoms with Gasteiger partial charge < -0.3 is 9.47 Å². The van der Waals surface area contributed by atoms with Crippen LogP contribution in [0.2, 0.25) is 0 Å². The lowest BCUT2D eigenvalue weighted by Crippen LogP contribution is -2.42. The summed E-state index contributed by atoms with van der Waals surface area (Å²) in [7, 11) is 0. The van der Waals surface area contributed by atoms with Gasteiger partial charge in [-0.1, -0.05) is 0 Å². The number of esters is 1. The summed E-state index contributed by atoms with van der Waals surface area (Å²) in [5.74, 6) is -0.483. The molecule has 1 aliphatic rings. The fourth-order valence-corrected chi connectivity index (χ4v) is 2.54. The number of carbonyl (C=O) groups excluding carboxylic acids is 2. The minimum Gasteiger partial charge on any atom is -0.460 e. The Kier molecular flexibility index (Phi) is 5.38. The summed E-state index contributed by atoms with van der Waals surface area (Å²) in [5, 5.41) is 0. The van der Waals surface area contributed by atoms with Gasteiger partial charge in [0.15, 0.2) is 0 Å². The monoisotopic (exact) mass is 321 g/mol. The maximum atomic E-state index is 12.0. The van der Waals surface area contributed by atoms with Crippen molar-refractivity contribution in [1.82, 2.24) is 4.31 Å². The van der Waals surface area contributed by atoms with Crippen molar-refractivity contribution >= 4 is 23.3 Å². The van der Waals surface area contributed by atoms with E-state index in [2.05, 4.69) is 0 Å². The quantitative estimate of drug-likeness (QED) is 0.723. The Balaban J connectivity index is 2.71. The lowest BCUT2D eigenvalue weighted by Gasteiger charge is -2.26. The molecule has 1 aliphatic heterocycles. The summed E-state index contributed by atoms with van der Waals surface area (Å²) in [6, 6.07) is -0.657. The van der Waals surface area contributed by atoms with Gasteiger partial charge in [-0.05, 0) is 41.5 Å². The number of nitrogens with zero attached hydrogens (tertiary/aromatic N) is 1. The van der Waals surface area contributed by atoms with Crippen LogP contribution in [-0.2, 0) is 29.7 Å². The van der Waals surface area contributed by atoms with E-state index < -0.39 is 40.6 Å². The normalized spacial score (nSPS) is 23.0. The van der Waals surface area contributed by atoms with E-state index in [-0.39, 0.29) is 13.0 Å². The zero-order valence-electron chi connectivity index (χ0n) is 13.3. The van der Waals surface area contributed by atoms with Crippen LogP contribution in [0.3, 0.4) is 0 Å². The molecule has 0 aliphatic carbocycles. The van der Waals surface area contributed by atoms with Crippen LogP contribution in [0, 0.1) is 0 Å². The van der Waals surface area contributed by atoms with E-state index >= 15 is 0 Å². The van der Waals surface area contributed by atoms with E-state index in [1.54, 1.807) is 41.5 Å². The van der Waals surface area contributed by atoms with Crippen LogP contribution in [0.4, 0.5) is 4.79 Å². The number of hydrogen-bond donors (Lipinski definition) is 0. The van der Waals surface area contributed by atoms with Crippen LogP contribution in [0.25, 0.3) is 0 Å². The van der Waals surface area contributed by atoms with Gasteiger partial charge in [-0.3, -0.25) is 8.98 Å². The zero-order valence-corrected chi connectivity index (χ0v) is 14.1. The third kappa shape index (κ3) is 6.01. The Hall–Kier alpha value is -1.15. The molecule has 8 heteroatoms. The van der Waals surface area contributed by atoms with Crippen LogP contribution in [0.5, 0.6) is 0 Å². The molecule has 1 amide bonds. The van der Waals surface area contributed by atoms with Crippen LogP contribution in [0.15, 0.2) is 0 Å². The Bertz CT molecular complexity index is 437. The number of hydrogen-bond acceptors (Lipinski definition) is 6. The third-order valence-corrected chi connectivity index (χ3v) is 3.36. The zero-order chi connectivity index (χ0) is 16.4. The number of carbonyl (C=O) groups is 2. The third-order valence-electron chi connectivity index (χ3n) is 2.25. The Morgan fingerprint density at radius 3 is 2.14 bits per heavy atom. The highest BCUT2D eigenvalue weighted by molar-refractivity contribution is 7.78. The predicted octanol–water partition coefficient (Wildman–Crippen LogP) is 1.93. The first-order chi connectivity index (χ1) is 9.39. The SMILES string of the molecule is CC(C)(C)OC(=O)C[C@H]1CO[S@@](=O)N1C(=O)OC(C)(C)C. The molecule has 21 heavy (non-hydrogen) atoms. The molecule has 1 rings (SSSR count). The summed E-state index contributed by atoms with van der Waals surface area (Å²) >= 11 is -1.94. The Morgan fingerprint density at radius 2 is 1.67 bits per heavy atom. The summed E-state index contributed by atoms with van der Waals surface area (Å²) in [6.45, 7) is 10.4. The van der Waals surface area contributed by atoms with Gasteiger partial charge in [0.25, 0.3) is 11.3 Å².